The Bertz CT molecular complexity index is 2600. The SMILES string of the molecule is CCCCCCCC(=O)NCCCC[C@@H]1NC(=O)[C@H](CCCCN)NC(=O)[C@H](CC(C)C)NC(=O)[C@H](CCCCN)NC(=O)[C@H](CCCCN)NC(=O)[C@H](CCC(N)=O)NC(=O)[C@H](CC(C)C)NC(=O)[C@H](CCCCN)NC(=O)[C@H](CCCCN)NC(=O)[C@H](Cc2ccccc2)NC1=O. The molecule has 562 valence electrons. The molecule has 0 aromatic heterocycles. The Hall–Kier alpha value is -7.34. The number of carbonyl (C=O) groups excluding carboxylic acids is 12. The molecule has 0 spiro atoms. The topological polar surface area (TPSA) is 493 Å². The first-order chi connectivity index (χ1) is 47.4. The van der Waals surface area contributed by atoms with Crippen LogP contribution < -0.4 is 92.9 Å². The summed E-state index contributed by atoms with van der Waals surface area (Å²) in [5.74, 6) is -9.34. The third-order valence-corrected chi connectivity index (χ3v) is 17.2. The number of hydrogen-bond acceptors (Lipinski definition) is 17. The van der Waals surface area contributed by atoms with Crippen molar-refractivity contribution in [3.05, 3.63) is 35.9 Å². The average molecular weight is 1400 g/mol. The highest BCUT2D eigenvalue weighted by atomic mass is 16.2. The van der Waals surface area contributed by atoms with Gasteiger partial charge in [-0.2, -0.15) is 0 Å². The van der Waals surface area contributed by atoms with Crippen LogP contribution in [0.25, 0.3) is 0 Å². The summed E-state index contributed by atoms with van der Waals surface area (Å²) in [5, 5.41) is 30.9. The number of hydrogen-bond donors (Lipinski definition) is 17. The van der Waals surface area contributed by atoms with Gasteiger partial charge in [0.15, 0.2) is 0 Å². The van der Waals surface area contributed by atoms with E-state index < -0.39 is 132 Å². The fourth-order valence-electron chi connectivity index (χ4n) is 11.5. The summed E-state index contributed by atoms with van der Waals surface area (Å²) in [6, 6.07) is -4.71. The minimum absolute atomic E-state index is 0.00173. The Morgan fingerprint density at radius 1 is 0.354 bits per heavy atom. The van der Waals surface area contributed by atoms with Crippen molar-refractivity contribution in [2.75, 3.05) is 39.3 Å². The van der Waals surface area contributed by atoms with Crippen molar-refractivity contribution in [1.29, 1.82) is 0 Å². The van der Waals surface area contributed by atoms with Gasteiger partial charge in [-0.15, -0.1) is 0 Å². The van der Waals surface area contributed by atoms with E-state index in [0.717, 1.165) is 32.1 Å². The number of unbranched alkanes of at least 4 members (excludes halogenated alkanes) is 10. The summed E-state index contributed by atoms with van der Waals surface area (Å²) < 4.78 is 0. The van der Waals surface area contributed by atoms with E-state index in [9.17, 15) is 47.9 Å². The van der Waals surface area contributed by atoms with Gasteiger partial charge in [0.2, 0.25) is 70.9 Å². The second-order valence-corrected chi connectivity index (χ2v) is 27.0. The van der Waals surface area contributed by atoms with Crippen molar-refractivity contribution in [2.24, 2.45) is 46.2 Å². The second-order valence-electron chi connectivity index (χ2n) is 27.0. The van der Waals surface area contributed by atoms with Crippen LogP contribution in [0.1, 0.15) is 220 Å². The summed E-state index contributed by atoms with van der Waals surface area (Å²) in [4.78, 5) is 173. The average Bonchev–Trinajstić information content (AvgIpc) is 0.886. The van der Waals surface area contributed by atoms with E-state index in [2.05, 4.69) is 65.4 Å². The first kappa shape index (κ1) is 87.7. The monoisotopic (exact) mass is 1400 g/mol. The largest absolute Gasteiger partial charge is 0.370 e. The fourth-order valence-corrected chi connectivity index (χ4v) is 11.5. The van der Waals surface area contributed by atoms with Crippen molar-refractivity contribution < 1.29 is 57.5 Å². The van der Waals surface area contributed by atoms with Crippen molar-refractivity contribution >= 4 is 70.9 Å². The molecule has 0 aliphatic carbocycles. The van der Waals surface area contributed by atoms with Gasteiger partial charge in [0.25, 0.3) is 0 Å². The van der Waals surface area contributed by atoms with Crippen molar-refractivity contribution in [2.45, 2.75) is 281 Å². The molecule has 1 aromatic rings. The lowest BCUT2D eigenvalue weighted by atomic mass is 9.99. The minimum Gasteiger partial charge on any atom is -0.370 e. The van der Waals surface area contributed by atoms with Crippen LogP contribution in [-0.2, 0) is 64.0 Å². The molecular formula is C70H125N17O12. The summed E-state index contributed by atoms with van der Waals surface area (Å²) in [5.41, 5.74) is 35.7. The highest BCUT2D eigenvalue weighted by molar-refractivity contribution is 5.99. The predicted octanol–water partition coefficient (Wildman–Crippen LogP) is 0.740. The molecule has 2 rings (SSSR count). The number of nitrogens with two attached hydrogens (primary N) is 6. The number of carbonyl (C=O) groups is 12. The Balaban J connectivity index is 3.02. The molecule has 10 atom stereocenters. The number of amides is 12. The van der Waals surface area contributed by atoms with E-state index in [1.54, 1.807) is 44.2 Å². The molecule has 12 amide bonds. The first-order valence-corrected chi connectivity index (χ1v) is 36.5. The lowest BCUT2D eigenvalue weighted by Crippen LogP contribution is -2.61. The van der Waals surface area contributed by atoms with E-state index in [0.29, 0.717) is 89.0 Å². The summed E-state index contributed by atoms with van der Waals surface area (Å²) in [7, 11) is 0. The fraction of sp³-hybridized carbons (Fsp3) is 0.743. The van der Waals surface area contributed by atoms with Crippen molar-refractivity contribution in [1.82, 2.24) is 58.5 Å². The molecule has 0 unspecified atom stereocenters. The van der Waals surface area contributed by atoms with E-state index in [1.165, 1.54) is 0 Å². The molecule has 23 N–H and O–H groups in total. The molecule has 0 radical (unpaired) electrons. The predicted molar refractivity (Wildman–Crippen MR) is 382 cm³/mol. The van der Waals surface area contributed by atoms with Crippen LogP contribution in [0.2, 0.25) is 0 Å². The highest BCUT2D eigenvalue weighted by Gasteiger charge is 2.37. The standard InChI is InChI=1S/C70H125N17O12/c1-6-7-8-9-13-34-60(89)77-42-25-19-33-54-66(95)87-58(45-48-26-11-10-12-27-48)70(99)83-51(30-16-22-39-73)63(92)79-53(32-18-24-41-75)65(94)86-57(44-47(4)5)69(98)84-55(35-36-59(76)88)67(96)81-49(28-14-20-37-71)61(90)78-52(31-17-23-40-74)64(93)85-56(43-46(2)3)68(97)82-50(62(91)80-54)29-15-21-38-72/h10-12,26-27,46-47,49-58H,6-9,13-25,28-45,71-75H2,1-5H3,(H2,76,88)(H,77,89)(H,78,90)(H,79,92)(H,80,91)(H,81,96)(H,82,97)(H,83,99)(H,84,98)(H,85,93)(H,86,94)(H,87,95)/t49-,50-,51-,52-,53-,54-,55-,56-,57-,58-/m0/s1. The molecule has 29 nitrogen and oxygen atoms in total. The van der Waals surface area contributed by atoms with Gasteiger partial charge in [-0.3, -0.25) is 57.5 Å². The normalized spacial score (nSPS) is 22.5. The minimum atomic E-state index is -1.51. The van der Waals surface area contributed by atoms with Crippen LogP contribution in [0.5, 0.6) is 0 Å². The third kappa shape index (κ3) is 37.6. The van der Waals surface area contributed by atoms with E-state index in [-0.39, 0.29) is 121 Å². The smallest absolute Gasteiger partial charge is 0.243 e. The molecule has 0 bridgehead atoms. The summed E-state index contributed by atoms with van der Waals surface area (Å²) in [6.07, 6.45) is 9.21. The molecule has 0 saturated carbocycles. The second kappa shape index (κ2) is 51.8. The van der Waals surface area contributed by atoms with Gasteiger partial charge in [-0.1, -0.05) is 90.6 Å². The quantitative estimate of drug-likeness (QED) is 0.0403. The lowest BCUT2D eigenvalue weighted by molar-refractivity contribution is -0.137. The van der Waals surface area contributed by atoms with E-state index >= 15 is 9.59 Å². The molecule has 1 aliphatic rings. The van der Waals surface area contributed by atoms with Crippen molar-refractivity contribution in [3.63, 3.8) is 0 Å². The Morgan fingerprint density at radius 2 is 0.636 bits per heavy atom. The summed E-state index contributed by atoms with van der Waals surface area (Å²) in [6.45, 7) is 10.9. The van der Waals surface area contributed by atoms with Gasteiger partial charge >= 0.3 is 0 Å². The zero-order valence-corrected chi connectivity index (χ0v) is 59.9. The molecule has 1 aromatic carbocycles. The summed E-state index contributed by atoms with van der Waals surface area (Å²) >= 11 is 0. The lowest BCUT2D eigenvalue weighted by Gasteiger charge is -2.30. The number of rotatable bonds is 40. The van der Waals surface area contributed by atoms with Crippen LogP contribution >= 0.6 is 0 Å². The van der Waals surface area contributed by atoms with E-state index in [1.807, 2.05) is 13.8 Å². The van der Waals surface area contributed by atoms with Crippen molar-refractivity contribution in [3.8, 4) is 0 Å². The van der Waals surface area contributed by atoms with Gasteiger partial charge in [-0.05, 0) is 191 Å². The van der Waals surface area contributed by atoms with Gasteiger partial charge in [0.05, 0.1) is 0 Å². The van der Waals surface area contributed by atoms with Gasteiger partial charge in [0.1, 0.15) is 60.4 Å². The molecule has 1 saturated heterocycles. The van der Waals surface area contributed by atoms with Crippen LogP contribution in [0.4, 0.5) is 0 Å². The van der Waals surface area contributed by atoms with E-state index in [4.69, 9.17) is 34.4 Å². The Labute approximate surface area is 587 Å². The molecule has 99 heavy (non-hydrogen) atoms. The van der Waals surface area contributed by atoms with Gasteiger partial charge in [-0.25, -0.2) is 0 Å². The number of benzene rings is 1. The first-order valence-electron chi connectivity index (χ1n) is 36.5. The van der Waals surface area contributed by atoms with Crippen LogP contribution in [0.3, 0.4) is 0 Å². The van der Waals surface area contributed by atoms with Gasteiger partial charge < -0.3 is 92.9 Å². The highest BCUT2D eigenvalue weighted by Crippen LogP contribution is 2.16. The zero-order valence-electron chi connectivity index (χ0n) is 59.9. The number of primary amides is 1. The molecular weight excluding hydrogens is 1270 g/mol. The van der Waals surface area contributed by atoms with Crippen LogP contribution in [0, 0.1) is 11.8 Å². The van der Waals surface area contributed by atoms with Crippen LogP contribution in [-0.4, -0.2) is 171 Å². The Morgan fingerprint density at radius 3 is 0.949 bits per heavy atom. The maximum absolute atomic E-state index is 15.1. The molecule has 29 heteroatoms. The number of nitrogens with one attached hydrogen (secondary N) is 11. The van der Waals surface area contributed by atoms with Crippen LogP contribution in [0.15, 0.2) is 30.3 Å². The zero-order chi connectivity index (χ0) is 73.5. The molecule has 1 heterocycles. The maximum atomic E-state index is 15.1. The Kier molecular flexibility index (Phi) is 45.9. The molecule has 1 aliphatic heterocycles. The van der Waals surface area contributed by atoms with Gasteiger partial charge in [0, 0.05) is 25.8 Å². The molecule has 1 fully saturated rings. The maximum Gasteiger partial charge on any atom is 0.243 e. The third-order valence-electron chi connectivity index (χ3n) is 17.2.